The fraction of sp³-hybridized carbons (Fsp3) is 0.200. The Hall–Kier alpha value is -1.38. The molecule has 3 heteroatoms. The molecule has 0 aromatic heterocycles. The van der Waals surface area contributed by atoms with Crippen molar-refractivity contribution in [2.45, 2.75) is 12.5 Å². The predicted molar refractivity (Wildman–Crippen MR) is 73.4 cm³/mol. The summed E-state index contributed by atoms with van der Waals surface area (Å²) in [7, 11) is 1.90. The van der Waals surface area contributed by atoms with Crippen molar-refractivity contribution in [1.82, 2.24) is 5.32 Å². The van der Waals surface area contributed by atoms with Crippen LogP contribution < -0.4 is 5.32 Å². The average Bonchev–Trinajstić information content (AvgIpc) is 2.37. The molecule has 2 aromatic rings. The van der Waals surface area contributed by atoms with E-state index in [1.165, 1.54) is 6.07 Å². The van der Waals surface area contributed by atoms with Gasteiger partial charge >= 0.3 is 0 Å². The summed E-state index contributed by atoms with van der Waals surface area (Å²) in [4.78, 5) is 0. The van der Waals surface area contributed by atoms with Crippen molar-refractivity contribution in [3.63, 3.8) is 0 Å². The van der Waals surface area contributed by atoms with Crippen LogP contribution in [-0.4, -0.2) is 7.05 Å². The summed E-state index contributed by atoms with van der Waals surface area (Å²) in [6, 6.07) is 14.6. The van der Waals surface area contributed by atoms with Gasteiger partial charge in [-0.25, -0.2) is 4.39 Å². The van der Waals surface area contributed by atoms with Crippen LogP contribution in [0.3, 0.4) is 0 Å². The fourth-order valence-corrected chi connectivity index (χ4v) is 2.11. The molecular weight excluding hydrogens is 249 g/mol. The van der Waals surface area contributed by atoms with Gasteiger partial charge in [0.15, 0.2) is 0 Å². The molecule has 1 N–H and O–H groups in total. The lowest BCUT2D eigenvalue weighted by Gasteiger charge is -2.17. The van der Waals surface area contributed by atoms with E-state index < -0.39 is 0 Å². The van der Waals surface area contributed by atoms with Crippen molar-refractivity contribution in [2.24, 2.45) is 0 Å². The Morgan fingerprint density at radius 3 is 2.50 bits per heavy atom. The molecule has 18 heavy (non-hydrogen) atoms. The first-order valence-electron chi connectivity index (χ1n) is 5.86. The summed E-state index contributed by atoms with van der Waals surface area (Å²) in [6.07, 6.45) is 0.746. The Balaban J connectivity index is 2.17. The minimum Gasteiger partial charge on any atom is -0.313 e. The minimum atomic E-state index is -0.196. The van der Waals surface area contributed by atoms with Crippen LogP contribution in [0.1, 0.15) is 17.2 Å². The van der Waals surface area contributed by atoms with Crippen LogP contribution >= 0.6 is 11.6 Å². The van der Waals surface area contributed by atoms with Gasteiger partial charge in [0.25, 0.3) is 0 Å². The zero-order chi connectivity index (χ0) is 13.0. The molecule has 2 rings (SSSR count). The third kappa shape index (κ3) is 3.31. The average molecular weight is 264 g/mol. The highest BCUT2D eigenvalue weighted by Crippen LogP contribution is 2.20. The molecule has 0 aliphatic rings. The van der Waals surface area contributed by atoms with E-state index in [1.807, 2.05) is 37.4 Å². The summed E-state index contributed by atoms with van der Waals surface area (Å²) in [5.41, 5.74) is 2.12. The van der Waals surface area contributed by atoms with Gasteiger partial charge in [0.1, 0.15) is 5.82 Å². The molecule has 0 radical (unpaired) electrons. The van der Waals surface area contributed by atoms with Gasteiger partial charge in [-0.1, -0.05) is 35.9 Å². The van der Waals surface area contributed by atoms with Crippen LogP contribution in [0.2, 0.25) is 5.02 Å². The number of halogens is 2. The lowest BCUT2D eigenvalue weighted by atomic mass is 9.99. The van der Waals surface area contributed by atoms with Crippen LogP contribution in [0.15, 0.2) is 48.5 Å². The number of rotatable bonds is 4. The molecule has 94 valence electrons. The Bertz CT molecular complexity index is 510. The first kappa shape index (κ1) is 13.1. The number of nitrogens with one attached hydrogen (secondary N) is 1. The monoisotopic (exact) mass is 263 g/mol. The van der Waals surface area contributed by atoms with Gasteiger partial charge in [-0.05, 0) is 48.9 Å². The molecule has 0 aliphatic heterocycles. The number of hydrogen-bond acceptors (Lipinski definition) is 1. The lowest BCUT2D eigenvalue weighted by Crippen LogP contribution is -2.18. The minimum absolute atomic E-state index is 0.157. The first-order chi connectivity index (χ1) is 8.69. The molecule has 1 nitrogen and oxygen atoms in total. The van der Waals surface area contributed by atoms with Gasteiger partial charge in [-0.15, -0.1) is 0 Å². The third-order valence-electron chi connectivity index (χ3n) is 2.95. The summed E-state index contributed by atoms with van der Waals surface area (Å²) in [5, 5.41) is 3.96. The van der Waals surface area contributed by atoms with Crippen molar-refractivity contribution in [2.75, 3.05) is 7.05 Å². The number of hydrogen-bond donors (Lipinski definition) is 1. The summed E-state index contributed by atoms with van der Waals surface area (Å²) < 4.78 is 13.1. The molecule has 0 saturated carbocycles. The maximum absolute atomic E-state index is 13.1. The molecule has 0 fully saturated rings. The third-order valence-corrected chi connectivity index (χ3v) is 3.20. The maximum Gasteiger partial charge on any atom is 0.123 e. The topological polar surface area (TPSA) is 12.0 Å². The zero-order valence-electron chi connectivity index (χ0n) is 10.2. The van der Waals surface area contributed by atoms with Crippen molar-refractivity contribution in [1.29, 1.82) is 0 Å². The Labute approximate surface area is 112 Å². The fourth-order valence-electron chi connectivity index (χ4n) is 1.98. The van der Waals surface area contributed by atoms with Gasteiger partial charge in [0, 0.05) is 11.1 Å². The van der Waals surface area contributed by atoms with Crippen LogP contribution in [0, 0.1) is 5.82 Å². The van der Waals surface area contributed by atoms with Gasteiger partial charge in [0.05, 0.1) is 0 Å². The van der Waals surface area contributed by atoms with E-state index in [-0.39, 0.29) is 11.9 Å². The van der Waals surface area contributed by atoms with Crippen molar-refractivity contribution >= 4 is 11.6 Å². The zero-order valence-corrected chi connectivity index (χ0v) is 10.9. The van der Waals surface area contributed by atoms with Crippen LogP contribution in [0.25, 0.3) is 0 Å². The number of likely N-dealkylation sites (N-methyl/N-ethyl adjacent to an activating group) is 1. The van der Waals surface area contributed by atoms with Crippen LogP contribution in [0.5, 0.6) is 0 Å². The molecule has 0 heterocycles. The summed E-state index contributed by atoms with van der Waals surface area (Å²) in [5.74, 6) is -0.196. The Morgan fingerprint density at radius 1 is 1.17 bits per heavy atom. The second-order valence-electron chi connectivity index (χ2n) is 4.23. The summed E-state index contributed by atoms with van der Waals surface area (Å²) in [6.45, 7) is 0. The van der Waals surface area contributed by atoms with Gasteiger partial charge in [0.2, 0.25) is 0 Å². The van der Waals surface area contributed by atoms with E-state index in [9.17, 15) is 4.39 Å². The largest absolute Gasteiger partial charge is 0.313 e. The van der Waals surface area contributed by atoms with E-state index >= 15 is 0 Å². The second-order valence-corrected chi connectivity index (χ2v) is 4.66. The van der Waals surface area contributed by atoms with E-state index in [4.69, 9.17) is 11.6 Å². The highest BCUT2D eigenvalue weighted by Gasteiger charge is 2.10. The Morgan fingerprint density at radius 2 is 1.89 bits per heavy atom. The molecule has 0 saturated heterocycles. The highest BCUT2D eigenvalue weighted by atomic mass is 35.5. The molecule has 0 bridgehead atoms. The molecular formula is C15H15ClFN. The summed E-state index contributed by atoms with van der Waals surface area (Å²) >= 11 is 5.87. The van der Waals surface area contributed by atoms with Gasteiger partial charge < -0.3 is 5.32 Å². The van der Waals surface area contributed by atoms with Crippen LogP contribution in [0.4, 0.5) is 4.39 Å². The van der Waals surface area contributed by atoms with Crippen LogP contribution in [-0.2, 0) is 6.42 Å². The van der Waals surface area contributed by atoms with Gasteiger partial charge in [-0.2, -0.15) is 0 Å². The highest BCUT2D eigenvalue weighted by molar-refractivity contribution is 6.30. The molecule has 1 unspecified atom stereocenters. The molecule has 2 aromatic carbocycles. The quantitative estimate of drug-likeness (QED) is 0.880. The second kappa shape index (κ2) is 5.98. The van der Waals surface area contributed by atoms with Crippen molar-refractivity contribution in [3.8, 4) is 0 Å². The van der Waals surface area contributed by atoms with E-state index in [0.717, 1.165) is 22.6 Å². The molecule has 0 amide bonds. The van der Waals surface area contributed by atoms with Crippen molar-refractivity contribution < 1.29 is 4.39 Å². The normalized spacial score (nSPS) is 12.4. The smallest absolute Gasteiger partial charge is 0.123 e. The molecule has 0 aliphatic carbocycles. The van der Waals surface area contributed by atoms with E-state index in [0.29, 0.717) is 0 Å². The maximum atomic E-state index is 13.1. The van der Waals surface area contributed by atoms with Gasteiger partial charge in [-0.3, -0.25) is 0 Å². The predicted octanol–water partition coefficient (Wildman–Crippen LogP) is 3.98. The SMILES string of the molecule is CNC(Cc1cccc(F)c1)c1ccc(Cl)cc1. The Kier molecular flexibility index (Phi) is 4.34. The first-order valence-corrected chi connectivity index (χ1v) is 6.24. The standard InChI is InChI=1S/C15H15ClFN/c1-18-15(12-5-7-13(16)8-6-12)10-11-3-2-4-14(17)9-11/h2-9,15,18H,10H2,1H3. The molecule has 1 atom stereocenters. The van der Waals surface area contributed by atoms with E-state index in [1.54, 1.807) is 12.1 Å². The number of benzene rings is 2. The van der Waals surface area contributed by atoms with Crippen molar-refractivity contribution in [3.05, 3.63) is 70.5 Å². The lowest BCUT2D eigenvalue weighted by molar-refractivity contribution is 0.584. The van der Waals surface area contributed by atoms with E-state index in [2.05, 4.69) is 5.32 Å². The molecule has 0 spiro atoms.